The second-order valence-electron chi connectivity index (χ2n) is 9.75. The van der Waals surface area contributed by atoms with Crippen LogP contribution in [0.5, 0.6) is 0 Å². The number of amides is 1. The van der Waals surface area contributed by atoms with E-state index in [1.807, 2.05) is 0 Å². The molecule has 2 bridgehead atoms. The maximum atomic E-state index is 13.4. The summed E-state index contributed by atoms with van der Waals surface area (Å²) in [5.74, 6) is -0.844. The van der Waals surface area contributed by atoms with Crippen LogP contribution in [0.2, 0.25) is 0 Å². The zero-order valence-electron chi connectivity index (χ0n) is 17.5. The third kappa shape index (κ3) is 4.01. The Morgan fingerprint density at radius 1 is 1.10 bits per heavy atom. The predicted molar refractivity (Wildman–Crippen MR) is 114 cm³/mol. The molecule has 2 aromatic carbocycles. The summed E-state index contributed by atoms with van der Waals surface area (Å²) >= 11 is 0. The summed E-state index contributed by atoms with van der Waals surface area (Å²) in [6, 6.07) is 11.5. The van der Waals surface area contributed by atoms with Gasteiger partial charge in [-0.2, -0.15) is 4.31 Å². The van der Waals surface area contributed by atoms with E-state index >= 15 is 0 Å². The Morgan fingerprint density at radius 3 is 2.50 bits per heavy atom. The van der Waals surface area contributed by atoms with E-state index in [0.29, 0.717) is 17.8 Å². The van der Waals surface area contributed by atoms with Crippen molar-refractivity contribution in [3.05, 3.63) is 59.9 Å². The lowest BCUT2D eigenvalue weighted by Gasteiger charge is -2.39. The van der Waals surface area contributed by atoms with E-state index in [0.717, 1.165) is 19.3 Å². The average Bonchev–Trinajstić information content (AvgIpc) is 2.92. The Kier molecular flexibility index (Phi) is 5.02. The van der Waals surface area contributed by atoms with Crippen molar-refractivity contribution in [1.29, 1.82) is 0 Å². The molecule has 0 unspecified atom stereocenters. The van der Waals surface area contributed by atoms with E-state index < -0.39 is 21.7 Å². The minimum absolute atomic E-state index is 0.00112. The summed E-state index contributed by atoms with van der Waals surface area (Å²) in [5, 5.41) is 2.70. The lowest BCUT2D eigenvalue weighted by Crippen LogP contribution is -2.37. The van der Waals surface area contributed by atoms with E-state index in [1.165, 1.54) is 30.3 Å². The molecule has 2 aromatic rings. The number of carbonyl (C=O) groups is 1. The third-order valence-corrected chi connectivity index (χ3v) is 8.07. The maximum Gasteiger partial charge on any atom is 0.255 e. The number of halogens is 1. The average molecular weight is 431 g/mol. The molecule has 0 radical (unpaired) electrons. The van der Waals surface area contributed by atoms with Crippen molar-refractivity contribution in [2.75, 3.05) is 11.9 Å². The normalized spacial score (nSPS) is 25.8. The highest BCUT2D eigenvalue weighted by atomic mass is 32.2. The van der Waals surface area contributed by atoms with Gasteiger partial charge in [-0.15, -0.1) is 0 Å². The van der Waals surface area contributed by atoms with Gasteiger partial charge in [0.05, 0.1) is 4.90 Å². The van der Waals surface area contributed by atoms with E-state index in [2.05, 4.69) is 26.1 Å². The number of anilines is 1. The van der Waals surface area contributed by atoms with Crippen molar-refractivity contribution in [2.45, 2.75) is 51.0 Å². The molecule has 2 fully saturated rings. The molecule has 30 heavy (non-hydrogen) atoms. The van der Waals surface area contributed by atoms with Crippen LogP contribution in [0, 0.1) is 16.6 Å². The van der Waals surface area contributed by atoms with Crippen LogP contribution in [0.3, 0.4) is 0 Å². The van der Waals surface area contributed by atoms with Gasteiger partial charge in [0.25, 0.3) is 5.91 Å². The fourth-order valence-corrected chi connectivity index (χ4v) is 7.18. The predicted octanol–water partition coefficient (Wildman–Crippen LogP) is 4.67. The van der Waals surface area contributed by atoms with Crippen LogP contribution in [-0.2, 0) is 10.0 Å². The minimum Gasteiger partial charge on any atom is -0.322 e. The number of rotatable bonds is 4. The Hall–Kier alpha value is -2.25. The van der Waals surface area contributed by atoms with Crippen molar-refractivity contribution in [2.24, 2.45) is 10.8 Å². The van der Waals surface area contributed by atoms with Gasteiger partial charge in [0, 0.05) is 23.8 Å². The molecular weight excluding hydrogens is 403 g/mol. The van der Waals surface area contributed by atoms with Crippen molar-refractivity contribution in [3.8, 4) is 0 Å². The van der Waals surface area contributed by atoms with Gasteiger partial charge >= 0.3 is 0 Å². The fourth-order valence-electron chi connectivity index (χ4n) is 5.36. The summed E-state index contributed by atoms with van der Waals surface area (Å²) in [4.78, 5) is 12.6. The molecule has 160 valence electrons. The molecule has 1 heterocycles. The minimum atomic E-state index is -3.68. The Morgan fingerprint density at radius 2 is 1.80 bits per heavy atom. The number of carbonyl (C=O) groups excluding carboxylic acids is 1. The Balaban J connectivity index is 1.57. The largest absolute Gasteiger partial charge is 0.322 e. The first-order chi connectivity index (χ1) is 14.0. The third-order valence-electron chi connectivity index (χ3n) is 6.17. The molecule has 1 saturated carbocycles. The standard InChI is InChI=1S/C23H27FN2O3S/c1-22(2)12-19-13-23(3,14-22)15-26(19)30(28,29)20-6-4-5-18(11-20)25-21(27)16-7-9-17(24)10-8-16/h4-11,19H,12-15H2,1-3H3,(H,25,27)/t19-,23+/m0/s1. The maximum absolute atomic E-state index is 13.4. The molecular formula is C23H27FN2O3S. The molecule has 1 aliphatic heterocycles. The quantitative estimate of drug-likeness (QED) is 0.767. The van der Waals surface area contributed by atoms with Crippen molar-refractivity contribution in [3.63, 3.8) is 0 Å². The molecule has 0 spiro atoms. The molecule has 2 aliphatic rings. The number of nitrogens with one attached hydrogen (secondary N) is 1. The van der Waals surface area contributed by atoms with Crippen LogP contribution in [-0.4, -0.2) is 31.2 Å². The van der Waals surface area contributed by atoms with Gasteiger partial charge in [0.1, 0.15) is 5.82 Å². The van der Waals surface area contributed by atoms with Crippen LogP contribution in [0.4, 0.5) is 10.1 Å². The van der Waals surface area contributed by atoms with E-state index in [-0.39, 0.29) is 21.8 Å². The lowest BCUT2D eigenvalue weighted by atomic mass is 9.65. The Labute approximate surface area is 177 Å². The number of hydrogen-bond acceptors (Lipinski definition) is 3. The van der Waals surface area contributed by atoms with Gasteiger partial charge in [-0.05, 0) is 72.6 Å². The number of benzene rings is 2. The smallest absolute Gasteiger partial charge is 0.255 e. The highest BCUT2D eigenvalue weighted by molar-refractivity contribution is 7.89. The summed E-state index contributed by atoms with van der Waals surface area (Å²) in [6.45, 7) is 7.11. The molecule has 5 nitrogen and oxygen atoms in total. The van der Waals surface area contributed by atoms with Crippen molar-refractivity contribution >= 4 is 21.6 Å². The van der Waals surface area contributed by atoms with Gasteiger partial charge in [0.2, 0.25) is 10.0 Å². The van der Waals surface area contributed by atoms with Crippen molar-refractivity contribution in [1.82, 2.24) is 4.31 Å². The first-order valence-electron chi connectivity index (χ1n) is 10.2. The number of hydrogen-bond donors (Lipinski definition) is 1. The number of sulfonamides is 1. The summed E-state index contributed by atoms with van der Waals surface area (Å²) in [5.41, 5.74) is 0.799. The summed E-state index contributed by atoms with van der Waals surface area (Å²) in [7, 11) is -3.68. The van der Waals surface area contributed by atoms with Crippen LogP contribution in [0.1, 0.15) is 50.4 Å². The lowest BCUT2D eigenvalue weighted by molar-refractivity contribution is 0.102. The highest BCUT2D eigenvalue weighted by Gasteiger charge is 2.53. The molecule has 7 heteroatoms. The van der Waals surface area contributed by atoms with Gasteiger partial charge in [-0.25, -0.2) is 12.8 Å². The summed E-state index contributed by atoms with van der Waals surface area (Å²) < 4.78 is 41.6. The van der Waals surface area contributed by atoms with E-state index in [4.69, 9.17) is 0 Å². The Bertz CT molecular complexity index is 1080. The van der Waals surface area contributed by atoms with Gasteiger partial charge in [-0.3, -0.25) is 4.79 Å². The van der Waals surface area contributed by atoms with Crippen LogP contribution in [0.25, 0.3) is 0 Å². The fraction of sp³-hybridized carbons (Fsp3) is 0.435. The van der Waals surface area contributed by atoms with Crippen LogP contribution < -0.4 is 5.32 Å². The van der Waals surface area contributed by atoms with E-state index in [9.17, 15) is 17.6 Å². The van der Waals surface area contributed by atoms with Crippen molar-refractivity contribution < 1.29 is 17.6 Å². The van der Waals surface area contributed by atoms with Gasteiger partial charge in [-0.1, -0.05) is 26.8 Å². The first kappa shape index (κ1) is 21.0. The molecule has 1 aliphatic carbocycles. The molecule has 1 amide bonds. The zero-order chi connectivity index (χ0) is 21.7. The number of fused-ring (bicyclic) bond motifs is 2. The molecule has 0 aromatic heterocycles. The molecule has 1 saturated heterocycles. The molecule has 1 N–H and O–H groups in total. The van der Waals surface area contributed by atoms with E-state index in [1.54, 1.807) is 22.5 Å². The first-order valence-corrected chi connectivity index (χ1v) is 11.6. The molecule has 2 atom stereocenters. The highest BCUT2D eigenvalue weighted by Crippen LogP contribution is 2.53. The molecule has 4 rings (SSSR count). The topological polar surface area (TPSA) is 66.5 Å². The van der Waals surface area contributed by atoms with Crippen LogP contribution >= 0.6 is 0 Å². The second-order valence-corrected chi connectivity index (χ2v) is 11.6. The zero-order valence-corrected chi connectivity index (χ0v) is 18.3. The van der Waals surface area contributed by atoms with Gasteiger partial charge < -0.3 is 5.32 Å². The van der Waals surface area contributed by atoms with Gasteiger partial charge in [0.15, 0.2) is 0 Å². The monoisotopic (exact) mass is 430 g/mol. The SMILES string of the molecule is CC1(C)C[C@H]2C[C@@](C)(CN2S(=O)(=O)c2cccc(NC(=O)c3ccc(F)cc3)c2)C1. The van der Waals surface area contributed by atoms with Crippen LogP contribution in [0.15, 0.2) is 53.4 Å². The summed E-state index contributed by atoms with van der Waals surface area (Å²) in [6.07, 6.45) is 2.75. The second kappa shape index (κ2) is 7.17. The number of nitrogens with zero attached hydrogens (tertiary/aromatic N) is 1.